The van der Waals surface area contributed by atoms with Crippen LogP contribution in [0.5, 0.6) is 0 Å². The lowest BCUT2D eigenvalue weighted by atomic mass is 9.98. The lowest BCUT2D eigenvalue weighted by Crippen LogP contribution is -2.12. The van der Waals surface area contributed by atoms with Gasteiger partial charge in [-0.1, -0.05) is 32.0 Å². The molecule has 0 saturated heterocycles. The van der Waals surface area contributed by atoms with Gasteiger partial charge in [0.25, 0.3) is 0 Å². The third kappa shape index (κ3) is 2.54. The maximum Gasteiger partial charge on any atom is 0.0740 e. The third-order valence-corrected chi connectivity index (χ3v) is 3.41. The van der Waals surface area contributed by atoms with Gasteiger partial charge >= 0.3 is 0 Å². The summed E-state index contributed by atoms with van der Waals surface area (Å²) in [6.07, 6.45) is 0.991. The van der Waals surface area contributed by atoms with Crippen molar-refractivity contribution in [2.75, 3.05) is 13.6 Å². The maximum absolute atomic E-state index is 4.89. The molecular weight excluding hydrogens is 220 g/mol. The van der Waals surface area contributed by atoms with E-state index in [0.29, 0.717) is 5.92 Å². The number of nitrogens with one attached hydrogen (secondary N) is 1. The van der Waals surface area contributed by atoms with Crippen molar-refractivity contribution in [1.82, 2.24) is 10.3 Å². The third-order valence-electron chi connectivity index (χ3n) is 3.41. The van der Waals surface area contributed by atoms with Gasteiger partial charge in [-0.15, -0.1) is 0 Å². The molecule has 0 saturated carbocycles. The van der Waals surface area contributed by atoms with Crippen LogP contribution in [0.1, 0.15) is 36.6 Å². The molecule has 1 N–H and O–H groups in total. The number of hydrogen-bond donors (Lipinski definition) is 1. The predicted molar refractivity (Wildman–Crippen MR) is 78.2 cm³/mol. The zero-order chi connectivity index (χ0) is 13.1. The molecule has 0 spiro atoms. The van der Waals surface area contributed by atoms with Crippen LogP contribution in [0.4, 0.5) is 0 Å². The standard InChI is InChI=1S/C16H22N2/c1-11(2)14-7-5-6-13-10-12(3)15(8-9-17-4)18-16(13)14/h5-7,10-11,17H,8-9H2,1-4H3. The average Bonchev–Trinajstić information content (AvgIpc) is 2.35. The molecule has 0 amide bonds. The molecule has 0 bridgehead atoms. The van der Waals surface area contributed by atoms with E-state index in [1.54, 1.807) is 0 Å². The Kier molecular flexibility index (Phi) is 3.97. The van der Waals surface area contributed by atoms with E-state index in [-0.39, 0.29) is 0 Å². The van der Waals surface area contributed by atoms with E-state index in [4.69, 9.17) is 4.98 Å². The largest absolute Gasteiger partial charge is 0.319 e. The number of benzene rings is 1. The molecule has 0 aliphatic carbocycles. The Bertz CT molecular complexity index is 544. The van der Waals surface area contributed by atoms with Gasteiger partial charge in [0.2, 0.25) is 0 Å². The number of aromatic nitrogens is 1. The first-order chi connectivity index (χ1) is 8.63. The van der Waals surface area contributed by atoms with Gasteiger partial charge in [0, 0.05) is 24.0 Å². The van der Waals surface area contributed by atoms with Crippen molar-refractivity contribution >= 4 is 10.9 Å². The fraction of sp³-hybridized carbons (Fsp3) is 0.438. The van der Waals surface area contributed by atoms with Crippen LogP contribution in [0.25, 0.3) is 10.9 Å². The molecule has 2 aromatic rings. The maximum atomic E-state index is 4.89. The number of pyridine rings is 1. The van der Waals surface area contributed by atoms with E-state index >= 15 is 0 Å². The smallest absolute Gasteiger partial charge is 0.0740 e. The van der Waals surface area contributed by atoms with E-state index in [1.165, 1.54) is 27.7 Å². The first-order valence-corrected chi connectivity index (χ1v) is 6.67. The Morgan fingerprint density at radius 1 is 1.28 bits per heavy atom. The van der Waals surface area contributed by atoms with E-state index in [9.17, 15) is 0 Å². The Morgan fingerprint density at radius 3 is 2.72 bits per heavy atom. The fourth-order valence-corrected chi connectivity index (χ4v) is 2.33. The first kappa shape index (κ1) is 13.0. The van der Waals surface area contributed by atoms with Crippen LogP contribution in [0, 0.1) is 6.92 Å². The van der Waals surface area contributed by atoms with Crippen molar-refractivity contribution in [2.24, 2.45) is 0 Å². The van der Waals surface area contributed by atoms with Crippen molar-refractivity contribution in [3.63, 3.8) is 0 Å². The summed E-state index contributed by atoms with van der Waals surface area (Å²) in [6, 6.07) is 8.74. The van der Waals surface area contributed by atoms with Gasteiger partial charge < -0.3 is 5.32 Å². The Morgan fingerprint density at radius 2 is 2.06 bits per heavy atom. The summed E-state index contributed by atoms with van der Waals surface area (Å²) in [7, 11) is 1.98. The molecule has 1 aromatic carbocycles. The minimum Gasteiger partial charge on any atom is -0.319 e. The molecule has 0 unspecified atom stereocenters. The van der Waals surface area contributed by atoms with Crippen LogP contribution >= 0.6 is 0 Å². The Labute approximate surface area is 109 Å². The number of likely N-dealkylation sites (N-methyl/N-ethyl adjacent to an activating group) is 1. The van der Waals surface area contributed by atoms with E-state index < -0.39 is 0 Å². The second kappa shape index (κ2) is 5.49. The average molecular weight is 242 g/mol. The van der Waals surface area contributed by atoms with Gasteiger partial charge in [-0.05, 0) is 37.1 Å². The van der Waals surface area contributed by atoms with E-state index in [2.05, 4.69) is 50.4 Å². The molecule has 2 nitrogen and oxygen atoms in total. The topological polar surface area (TPSA) is 24.9 Å². The van der Waals surface area contributed by atoms with E-state index in [1.807, 2.05) is 7.05 Å². The molecule has 0 aliphatic heterocycles. The molecule has 0 atom stereocenters. The monoisotopic (exact) mass is 242 g/mol. The summed E-state index contributed by atoms with van der Waals surface area (Å²) in [5, 5.41) is 4.45. The van der Waals surface area contributed by atoms with Crippen molar-refractivity contribution < 1.29 is 0 Å². The minimum atomic E-state index is 0.515. The number of rotatable bonds is 4. The van der Waals surface area contributed by atoms with Crippen LogP contribution in [-0.4, -0.2) is 18.6 Å². The highest BCUT2D eigenvalue weighted by Crippen LogP contribution is 2.25. The molecule has 2 rings (SSSR count). The molecule has 1 aromatic heterocycles. The van der Waals surface area contributed by atoms with Crippen molar-refractivity contribution in [3.05, 3.63) is 41.1 Å². The van der Waals surface area contributed by atoms with Gasteiger partial charge in [0.1, 0.15) is 0 Å². The number of aryl methyl sites for hydroxylation is 1. The van der Waals surface area contributed by atoms with Crippen molar-refractivity contribution in [2.45, 2.75) is 33.1 Å². The number of hydrogen-bond acceptors (Lipinski definition) is 2. The molecule has 1 heterocycles. The van der Waals surface area contributed by atoms with Crippen LogP contribution in [0.3, 0.4) is 0 Å². The van der Waals surface area contributed by atoms with Crippen LogP contribution < -0.4 is 5.32 Å². The summed E-state index contributed by atoms with van der Waals surface area (Å²) in [4.78, 5) is 4.89. The second-order valence-electron chi connectivity index (χ2n) is 5.18. The normalized spacial score (nSPS) is 11.4. The molecule has 0 aliphatic rings. The summed E-state index contributed by atoms with van der Waals surface area (Å²) in [5.74, 6) is 0.515. The molecule has 18 heavy (non-hydrogen) atoms. The highest BCUT2D eigenvalue weighted by Gasteiger charge is 2.09. The first-order valence-electron chi connectivity index (χ1n) is 6.67. The molecule has 2 heteroatoms. The summed E-state index contributed by atoms with van der Waals surface area (Å²) >= 11 is 0. The van der Waals surface area contributed by atoms with Gasteiger partial charge in [0.05, 0.1) is 5.52 Å². The van der Waals surface area contributed by atoms with Gasteiger partial charge in [-0.2, -0.15) is 0 Å². The number of fused-ring (bicyclic) bond motifs is 1. The van der Waals surface area contributed by atoms with Gasteiger partial charge in [-0.25, -0.2) is 0 Å². The highest BCUT2D eigenvalue weighted by molar-refractivity contribution is 5.83. The SMILES string of the molecule is CNCCc1nc2c(C(C)C)cccc2cc1C. The van der Waals surface area contributed by atoms with Crippen LogP contribution in [-0.2, 0) is 6.42 Å². The molecule has 0 radical (unpaired) electrons. The molecule has 96 valence electrons. The fourth-order valence-electron chi connectivity index (χ4n) is 2.33. The Balaban J connectivity index is 2.55. The quantitative estimate of drug-likeness (QED) is 0.888. The van der Waals surface area contributed by atoms with Crippen molar-refractivity contribution in [3.8, 4) is 0 Å². The van der Waals surface area contributed by atoms with Crippen LogP contribution in [0.2, 0.25) is 0 Å². The summed E-state index contributed by atoms with van der Waals surface area (Å²) in [5.41, 5.74) is 5.02. The van der Waals surface area contributed by atoms with Crippen LogP contribution in [0.15, 0.2) is 24.3 Å². The second-order valence-corrected chi connectivity index (χ2v) is 5.18. The number of nitrogens with zero attached hydrogens (tertiary/aromatic N) is 1. The summed E-state index contributed by atoms with van der Waals surface area (Å²) < 4.78 is 0. The van der Waals surface area contributed by atoms with Crippen molar-refractivity contribution in [1.29, 1.82) is 0 Å². The summed E-state index contributed by atoms with van der Waals surface area (Å²) in [6.45, 7) is 7.58. The predicted octanol–water partition coefficient (Wildman–Crippen LogP) is 3.43. The Hall–Kier alpha value is -1.41. The molecule has 0 fully saturated rings. The van der Waals surface area contributed by atoms with Gasteiger partial charge in [-0.3, -0.25) is 4.98 Å². The number of para-hydroxylation sites is 1. The van der Waals surface area contributed by atoms with E-state index in [0.717, 1.165) is 13.0 Å². The van der Waals surface area contributed by atoms with Gasteiger partial charge in [0.15, 0.2) is 0 Å². The zero-order valence-corrected chi connectivity index (χ0v) is 11.7. The highest BCUT2D eigenvalue weighted by atomic mass is 14.8. The molecular formula is C16H22N2. The lowest BCUT2D eigenvalue weighted by Gasteiger charge is -2.12. The zero-order valence-electron chi connectivity index (χ0n) is 11.7. The minimum absolute atomic E-state index is 0.515. The lowest BCUT2D eigenvalue weighted by molar-refractivity contribution is 0.774.